The number of nitrogens with zero attached hydrogens (tertiary/aromatic N) is 1. The Balaban J connectivity index is 1.81. The lowest BCUT2D eigenvalue weighted by molar-refractivity contribution is -0.142. The highest BCUT2D eigenvalue weighted by Crippen LogP contribution is 2.44. The van der Waals surface area contributed by atoms with E-state index in [2.05, 4.69) is 4.98 Å². The van der Waals surface area contributed by atoms with Crippen molar-refractivity contribution in [3.05, 3.63) is 59.7 Å². The number of carbonyl (C=O) groups excluding carboxylic acids is 1. The highest BCUT2D eigenvalue weighted by atomic mass is 32.2. The number of halogens is 3. The first-order valence-electron chi connectivity index (χ1n) is 9.06. The van der Waals surface area contributed by atoms with Gasteiger partial charge < -0.3 is 14.2 Å². The number of esters is 1. The average Bonchev–Trinajstić information content (AvgIpc) is 3.17. The van der Waals surface area contributed by atoms with Crippen LogP contribution in [0.1, 0.15) is 23.3 Å². The highest BCUT2D eigenvalue weighted by Gasteiger charge is 2.35. The van der Waals surface area contributed by atoms with Gasteiger partial charge in [0, 0.05) is 11.5 Å². The molecule has 0 bridgehead atoms. The third-order valence-corrected chi connectivity index (χ3v) is 5.58. The molecule has 0 radical (unpaired) electrons. The first-order valence-corrected chi connectivity index (χ1v) is 9.94. The maximum Gasteiger partial charge on any atom is 0.417 e. The van der Waals surface area contributed by atoms with Gasteiger partial charge in [-0.1, -0.05) is 42.1 Å². The van der Waals surface area contributed by atoms with Gasteiger partial charge in [-0.05, 0) is 24.6 Å². The van der Waals surface area contributed by atoms with Crippen molar-refractivity contribution >= 4 is 28.6 Å². The molecule has 2 heterocycles. The summed E-state index contributed by atoms with van der Waals surface area (Å²) in [5, 5.41) is -0.898. The molecule has 3 aromatic rings. The van der Waals surface area contributed by atoms with Crippen LogP contribution < -0.4 is 9.47 Å². The predicted molar refractivity (Wildman–Crippen MR) is 105 cm³/mol. The van der Waals surface area contributed by atoms with E-state index in [1.54, 1.807) is 37.3 Å². The lowest BCUT2D eigenvalue weighted by atomic mass is 10.1. The number of alkyl halides is 3. The summed E-state index contributed by atoms with van der Waals surface area (Å²) in [6.07, 6.45) is -4.61. The van der Waals surface area contributed by atoms with Crippen molar-refractivity contribution in [1.82, 2.24) is 4.98 Å². The zero-order valence-corrected chi connectivity index (χ0v) is 16.5. The van der Waals surface area contributed by atoms with E-state index < -0.39 is 23.0 Å². The zero-order chi connectivity index (χ0) is 21.3. The molecule has 156 valence electrons. The quantitative estimate of drug-likeness (QED) is 0.396. The second-order valence-electron chi connectivity index (χ2n) is 6.39. The van der Waals surface area contributed by atoms with E-state index in [1.165, 1.54) is 12.1 Å². The smallest absolute Gasteiger partial charge is 0.417 e. The molecule has 1 atom stereocenters. The molecule has 1 aliphatic heterocycles. The summed E-state index contributed by atoms with van der Waals surface area (Å²) in [4.78, 5) is 16.9. The summed E-state index contributed by atoms with van der Waals surface area (Å²) in [5.74, 6) is 0.0222. The van der Waals surface area contributed by atoms with Crippen molar-refractivity contribution in [2.24, 2.45) is 0 Å². The maximum atomic E-state index is 13.8. The number of aromatic nitrogens is 1. The minimum Gasteiger partial charge on any atom is -0.465 e. The third-order valence-electron chi connectivity index (χ3n) is 4.43. The molecule has 0 unspecified atom stereocenters. The van der Waals surface area contributed by atoms with Crippen LogP contribution in [-0.2, 0) is 15.7 Å². The summed E-state index contributed by atoms with van der Waals surface area (Å²) in [7, 11) is 0. The molecule has 0 saturated heterocycles. The lowest BCUT2D eigenvalue weighted by Gasteiger charge is -2.17. The molecule has 0 amide bonds. The molecule has 5 nitrogen and oxygen atoms in total. The van der Waals surface area contributed by atoms with E-state index in [-0.39, 0.29) is 35.1 Å². The minimum atomic E-state index is -4.61. The van der Waals surface area contributed by atoms with Crippen LogP contribution in [0.25, 0.3) is 10.9 Å². The van der Waals surface area contributed by atoms with Gasteiger partial charge in [0.05, 0.1) is 22.7 Å². The number of hydrogen-bond acceptors (Lipinski definition) is 6. The number of ether oxygens (including phenoxy) is 3. The van der Waals surface area contributed by atoms with E-state index in [1.807, 2.05) is 0 Å². The number of rotatable bonds is 5. The molecule has 30 heavy (non-hydrogen) atoms. The Kier molecular flexibility index (Phi) is 5.46. The molecular formula is C21H16F3NO4S. The Bertz CT molecular complexity index is 1090. The third kappa shape index (κ3) is 4.02. The van der Waals surface area contributed by atoms with Crippen LogP contribution in [0.2, 0.25) is 0 Å². The van der Waals surface area contributed by atoms with Gasteiger partial charge in [-0.15, -0.1) is 0 Å². The molecule has 0 fully saturated rings. The van der Waals surface area contributed by atoms with E-state index in [4.69, 9.17) is 14.2 Å². The first kappa shape index (κ1) is 20.3. The predicted octanol–water partition coefficient (Wildman–Crippen LogP) is 5.38. The Hall–Kier alpha value is -2.94. The van der Waals surface area contributed by atoms with Gasteiger partial charge in [0.15, 0.2) is 11.5 Å². The van der Waals surface area contributed by atoms with Crippen LogP contribution in [0.3, 0.4) is 0 Å². The molecule has 2 aromatic carbocycles. The van der Waals surface area contributed by atoms with Crippen LogP contribution in [-0.4, -0.2) is 24.4 Å². The van der Waals surface area contributed by atoms with Crippen LogP contribution in [0.15, 0.2) is 53.6 Å². The van der Waals surface area contributed by atoms with Crippen LogP contribution in [0.4, 0.5) is 13.2 Å². The zero-order valence-electron chi connectivity index (χ0n) is 15.7. The molecular weight excluding hydrogens is 419 g/mol. The summed E-state index contributed by atoms with van der Waals surface area (Å²) in [6, 6.07) is 12.4. The number of pyridine rings is 1. The minimum absolute atomic E-state index is 0.0515. The fourth-order valence-corrected chi connectivity index (χ4v) is 4.14. The standard InChI is InChI=1S/C21H16F3NO4S/c1-2-27-20(26)19(12-6-4-3-5-7-12)30-18-9-14(21(22,23)24)13-8-16-17(29-11-28-16)10-15(13)25-18/h3-10,19H,2,11H2,1H3/t19-/m1/s1. The van der Waals surface area contributed by atoms with Gasteiger partial charge in [-0.2, -0.15) is 13.2 Å². The molecule has 0 saturated carbocycles. The van der Waals surface area contributed by atoms with Crippen LogP contribution in [0, 0.1) is 0 Å². The van der Waals surface area contributed by atoms with Crippen molar-refractivity contribution in [1.29, 1.82) is 0 Å². The SMILES string of the molecule is CCOC(=O)[C@H](Sc1cc(C(F)(F)F)c2cc3c(cc2n1)OCO3)c1ccccc1. The molecule has 0 spiro atoms. The summed E-state index contributed by atoms with van der Waals surface area (Å²) in [6.45, 7) is 1.77. The maximum absolute atomic E-state index is 13.8. The normalized spacial score (nSPS) is 14.0. The molecule has 1 aromatic heterocycles. The fraction of sp³-hybridized carbons (Fsp3) is 0.238. The molecule has 4 rings (SSSR count). The van der Waals surface area contributed by atoms with E-state index in [0.29, 0.717) is 11.3 Å². The second-order valence-corrected chi connectivity index (χ2v) is 7.51. The number of benzene rings is 2. The van der Waals surface area contributed by atoms with Crippen molar-refractivity contribution in [2.75, 3.05) is 13.4 Å². The van der Waals surface area contributed by atoms with Crippen LogP contribution in [0.5, 0.6) is 11.5 Å². The Morgan fingerprint density at radius 2 is 1.87 bits per heavy atom. The Morgan fingerprint density at radius 3 is 2.53 bits per heavy atom. The Morgan fingerprint density at radius 1 is 1.17 bits per heavy atom. The average molecular weight is 435 g/mol. The molecule has 9 heteroatoms. The van der Waals surface area contributed by atoms with Crippen molar-refractivity contribution in [3.63, 3.8) is 0 Å². The summed E-state index contributed by atoms with van der Waals surface area (Å²) < 4.78 is 57.0. The largest absolute Gasteiger partial charge is 0.465 e. The molecule has 0 aliphatic carbocycles. The highest BCUT2D eigenvalue weighted by molar-refractivity contribution is 8.00. The first-order chi connectivity index (χ1) is 14.4. The summed E-state index contributed by atoms with van der Waals surface area (Å²) in [5.41, 5.74) is -0.140. The Labute approximate surface area is 174 Å². The fourth-order valence-electron chi connectivity index (χ4n) is 3.11. The van der Waals surface area contributed by atoms with Gasteiger partial charge in [-0.25, -0.2) is 4.98 Å². The molecule has 1 aliphatic rings. The van der Waals surface area contributed by atoms with Crippen molar-refractivity contribution < 1.29 is 32.2 Å². The van der Waals surface area contributed by atoms with Gasteiger partial charge >= 0.3 is 12.1 Å². The van der Waals surface area contributed by atoms with Gasteiger partial charge in [0.1, 0.15) is 5.25 Å². The van der Waals surface area contributed by atoms with E-state index in [0.717, 1.165) is 17.8 Å². The summed E-state index contributed by atoms with van der Waals surface area (Å²) >= 11 is 0.911. The topological polar surface area (TPSA) is 57.7 Å². The number of hydrogen-bond donors (Lipinski definition) is 0. The monoisotopic (exact) mass is 435 g/mol. The second kappa shape index (κ2) is 8.06. The number of thioether (sulfide) groups is 1. The number of carbonyl (C=O) groups is 1. The van der Waals surface area contributed by atoms with Gasteiger partial charge in [0.2, 0.25) is 6.79 Å². The van der Waals surface area contributed by atoms with Crippen LogP contribution >= 0.6 is 11.8 Å². The van der Waals surface area contributed by atoms with E-state index in [9.17, 15) is 18.0 Å². The lowest BCUT2D eigenvalue weighted by Crippen LogP contribution is -2.14. The van der Waals surface area contributed by atoms with Gasteiger partial charge in [0.25, 0.3) is 0 Å². The van der Waals surface area contributed by atoms with Gasteiger partial charge in [-0.3, -0.25) is 4.79 Å². The van der Waals surface area contributed by atoms with E-state index >= 15 is 0 Å². The molecule has 0 N–H and O–H groups in total. The van der Waals surface area contributed by atoms with Crippen molar-refractivity contribution in [2.45, 2.75) is 23.4 Å². The van der Waals surface area contributed by atoms with Crippen molar-refractivity contribution in [3.8, 4) is 11.5 Å². The number of fused-ring (bicyclic) bond motifs is 2.